The van der Waals surface area contributed by atoms with E-state index in [1.54, 1.807) is 6.20 Å². The number of carboxylic acids is 2. The minimum absolute atomic E-state index is 0.122. The van der Waals surface area contributed by atoms with Crippen molar-refractivity contribution in [2.24, 2.45) is 0 Å². The maximum Gasteiger partial charge on any atom is 0.490 e. The van der Waals surface area contributed by atoms with Gasteiger partial charge < -0.3 is 34.6 Å². The first kappa shape index (κ1) is 25.5. The van der Waals surface area contributed by atoms with Gasteiger partial charge in [0.15, 0.2) is 0 Å². The average Bonchev–Trinajstić information content (AvgIpc) is 3.17. The lowest BCUT2D eigenvalue weighted by Crippen LogP contribution is -2.68. The molecule has 3 aliphatic heterocycles. The molecule has 1 aromatic heterocycles. The number of aromatic nitrogens is 1. The van der Waals surface area contributed by atoms with Gasteiger partial charge in [0, 0.05) is 30.2 Å². The Balaban J connectivity index is 0.000000383. The van der Waals surface area contributed by atoms with E-state index in [9.17, 15) is 18.0 Å². The maximum absolute atomic E-state index is 11.1. The van der Waals surface area contributed by atoms with Gasteiger partial charge in [-0.1, -0.05) is 0 Å². The van der Waals surface area contributed by atoms with Gasteiger partial charge in [-0.3, -0.25) is 4.79 Å². The number of rotatable bonds is 4. The van der Waals surface area contributed by atoms with Crippen molar-refractivity contribution in [2.45, 2.75) is 43.3 Å². The first-order chi connectivity index (χ1) is 15.4. The molecular formula is C19H23BrF3N3O7. The molecule has 0 saturated carbocycles. The molecule has 0 aromatic carbocycles. The van der Waals surface area contributed by atoms with Crippen molar-refractivity contribution in [3.8, 4) is 5.88 Å². The van der Waals surface area contributed by atoms with E-state index in [0.29, 0.717) is 38.7 Å². The minimum atomic E-state index is -5.08. The molecule has 184 valence electrons. The fourth-order valence-corrected chi connectivity index (χ4v) is 4.07. The highest BCUT2D eigenvalue weighted by molar-refractivity contribution is 9.10. The minimum Gasteiger partial charge on any atom is -0.480 e. The molecule has 10 nitrogen and oxygen atoms in total. The largest absolute Gasteiger partial charge is 0.490 e. The number of pyridine rings is 1. The summed E-state index contributed by atoms with van der Waals surface area (Å²) < 4.78 is 50.1. The lowest BCUT2D eigenvalue weighted by Gasteiger charge is -2.53. The molecule has 33 heavy (non-hydrogen) atoms. The normalized spacial score (nSPS) is 26.2. The number of alkyl halides is 3. The van der Waals surface area contributed by atoms with Crippen molar-refractivity contribution >= 4 is 33.6 Å². The van der Waals surface area contributed by atoms with Gasteiger partial charge in [0.05, 0.1) is 25.9 Å². The number of nitrogens with zero attached hydrogens (tertiary/aromatic N) is 2. The van der Waals surface area contributed by atoms with Crippen molar-refractivity contribution in [1.29, 1.82) is 0 Å². The number of hydrogen-bond acceptors (Lipinski definition) is 8. The Bertz CT molecular complexity index is 885. The van der Waals surface area contributed by atoms with Crippen LogP contribution in [0.25, 0.3) is 0 Å². The van der Waals surface area contributed by atoms with Crippen molar-refractivity contribution in [3.05, 3.63) is 16.7 Å². The number of anilines is 1. The van der Waals surface area contributed by atoms with E-state index < -0.39 is 24.2 Å². The second-order valence-corrected chi connectivity index (χ2v) is 8.75. The van der Waals surface area contributed by atoms with E-state index >= 15 is 0 Å². The Labute approximate surface area is 195 Å². The second kappa shape index (κ2) is 9.99. The quantitative estimate of drug-likeness (QED) is 0.517. The predicted octanol–water partition coefficient (Wildman–Crippen LogP) is 1.67. The predicted molar refractivity (Wildman–Crippen MR) is 110 cm³/mol. The Hall–Kier alpha value is -2.16. The smallest absolute Gasteiger partial charge is 0.480 e. The zero-order valence-corrected chi connectivity index (χ0v) is 19.1. The van der Waals surface area contributed by atoms with Crippen molar-refractivity contribution in [1.82, 2.24) is 10.3 Å². The first-order valence-corrected chi connectivity index (χ1v) is 10.8. The van der Waals surface area contributed by atoms with Crippen LogP contribution >= 0.6 is 15.9 Å². The van der Waals surface area contributed by atoms with Gasteiger partial charge >= 0.3 is 18.1 Å². The van der Waals surface area contributed by atoms with Crippen molar-refractivity contribution < 1.29 is 47.2 Å². The van der Waals surface area contributed by atoms with Crippen LogP contribution in [0, 0.1) is 0 Å². The molecule has 3 saturated heterocycles. The molecule has 0 unspecified atom stereocenters. The lowest BCUT2D eigenvalue weighted by molar-refractivity contribution is -0.228. The standard InChI is InChI=1S/C17H22BrN3O5.C2HF3O2/c1-10-17(8-24-9-17)25-3-2-21(10)14-4-11(18)6-20-15(14)26-12-5-13(16(22)23)19-7-12;3-2(4,5)1(6)7/h4,6,10,12-13,19H,2-3,5,7-9H2,1H3,(H,22,23);(H,6,7)/t10-,12-,13-;/m0./s1. The van der Waals surface area contributed by atoms with Crippen molar-refractivity contribution in [3.63, 3.8) is 0 Å². The highest BCUT2D eigenvalue weighted by atomic mass is 79.9. The van der Waals surface area contributed by atoms with E-state index in [2.05, 4.69) is 38.1 Å². The maximum atomic E-state index is 11.1. The molecule has 3 atom stereocenters. The summed E-state index contributed by atoms with van der Waals surface area (Å²) in [5.74, 6) is -3.09. The molecule has 0 bridgehead atoms. The SMILES string of the molecule is C[C@@H]1N(c2cc(Br)cnc2O[C@@H]2CN[C@H](C(=O)O)C2)CCOC12COC2.O=C(O)C(F)(F)F. The number of morpholine rings is 1. The Morgan fingerprint density at radius 3 is 2.55 bits per heavy atom. The third-order valence-electron chi connectivity index (χ3n) is 5.66. The number of carbonyl (C=O) groups is 2. The molecule has 0 radical (unpaired) electrons. The molecule has 3 N–H and O–H groups in total. The van der Waals surface area contributed by atoms with E-state index in [4.69, 9.17) is 29.2 Å². The number of halogens is 4. The molecular weight excluding hydrogens is 519 g/mol. The molecule has 1 aromatic rings. The van der Waals surface area contributed by atoms with Gasteiger partial charge in [0.25, 0.3) is 0 Å². The number of nitrogens with one attached hydrogen (secondary N) is 1. The zero-order chi connectivity index (χ0) is 24.4. The van der Waals surface area contributed by atoms with Crippen LogP contribution in [0.5, 0.6) is 5.88 Å². The molecule has 1 spiro atoms. The summed E-state index contributed by atoms with van der Waals surface area (Å²) in [6.45, 7) is 5.16. The monoisotopic (exact) mass is 541 g/mol. The number of aliphatic carboxylic acids is 2. The van der Waals surface area contributed by atoms with Gasteiger partial charge in [0.2, 0.25) is 5.88 Å². The molecule has 4 rings (SSSR count). The summed E-state index contributed by atoms with van der Waals surface area (Å²) >= 11 is 3.49. The first-order valence-electron chi connectivity index (χ1n) is 10.00. The molecule has 0 amide bonds. The molecule has 0 aliphatic carbocycles. The van der Waals surface area contributed by atoms with Gasteiger partial charge in [-0.05, 0) is 28.9 Å². The van der Waals surface area contributed by atoms with E-state index in [1.165, 1.54) is 0 Å². The highest BCUT2D eigenvalue weighted by Crippen LogP contribution is 2.39. The summed E-state index contributed by atoms with van der Waals surface area (Å²) in [6.07, 6.45) is -3.19. The Morgan fingerprint density at radius 1 is 1.36 bits per heavy atom. The van der Waals surface area contributed by atoms with E-state index in [1.807, 2.05) is 6.07 Å². The van der Waals surface area contributed by atoms with Gasteiger partial charge in [0.1, 0.15) is 23.4 Å². The fourth-order valence-electron chi connectivity index (χ4n) is 3.75. The van der Waals surface area contributed by atoms with Crippen LogP contribution in [-0.4, -0.2) is 90.0 Å². The van der Waals surface area contributed by atoms with Crippen LogP contribution in [0.15, 0.2) is 16.7 Å². The number of hydrogen-bond donors (Lipinski definition) is 3. The van der Waals surface area contributed by atoms with E-state index in [-0.39, 0.29) is 17.7 Å². The lowest BCUT2D eigenvalue weighted by atomic mass is 9.90. The fraction of sp³-hybridized carbons (Fsp3) is 0.632. The van der Waals surface area contributed by atoms with Crippen LogP contribution in [-0.2, 0) is 19.1 Å². The Kier molecular flexibility index (Phi) is 7.71. The summed E-state index contributed by atoms with van der Waals surface area (Å²) in [5, 5.41) is 19.2. The summed E-state index contributed by atoms with van der Waals surface area (Å²) in [4.78, 5) is 26.7. The molecule has 3 fully saturated rings. The molecule has 3 aliphatic rings. The van der Waals surface area contributed by atoms with E-state index in [0.717, 1.165) is 16.7 Å². The summed E-state index contributed by atoms with van der Waals surface area (Å²) in [7, 11) is 0. The highest BCUT2D eigenvalue weighted by Gasteiger charge is 2.50. The second-order valence-electron chi connectivity index (χ2n) is 7.83. The summed E-state index contributed by atoms with van der Waals surface area (Å²) in [5.41, 5.74) is 0.612. The van der Waals surface area contributed by atoms with Crippen LogP contribution in [0.1, 0.15) is 13.3 Å². The topological polar surface area (TPSA) is 130 Å². The Morgan fingerprint density at radius 2 is 2.03 bits per heavy atom. The van der Waals surface area contributed by atoms with Crippen LogP contribution in [0.2, 0.25) is 0 Å². The van der Waals surface area contributed by atoms with Crippen LogP contribution in [0.4, 0.5) is 18.9 Å². The zero-order valence-electron chi connectivity index (χ0n) is 17.5. The number of ether oxygens (including phenoxy) is 3. The third-order valence-corrected chi connectivity index (χ3v) is 6.09. The molecule has 4 heterocycles. The number of carboxylic acid groups (broad SMARTS) is 2. The average molecular weight is 542 g/mol. The van der Waals surface area contributed by atoms with Crippen LogP contribution in [0.3, 0.4) is 0 Å². The van der Waals surface area contributed by atoms with Gasteiger partial charge in [-0.15, -0.1) is 0 Å². The third kappa shape index (κ3) is 5.86. The van der Waals surface area contributed by atoms with Crippen LogP contribution < -0.4 is 15.0 Å². The van der Waals surface area contributed by atoms with Gasteiger partial charge in [-0.25, -0.2) is 9.78 Å². The summed E-state index contributed by atoms with van der Waals surface area (Å²) in [6, 6.07) is 1.54. The molecule has 14 heteroatoms. The van der Waals surface area contributed by atoms with Gasteiger partial charge in [-0.2, -0.15) is 13.2 Å². The van der Waals surface area contributed by atoms with Crippen molar-refractivity contribution in [2.75, 3.05) is 37.8 Å².